The van der Waals surface area contributed by atoms with Crippen molar-refractivity contribution in [1.82, 2.24) is 4.98 Å². The lowest BCUT2D eigenvalue weighted by Crippen LogP contribution is -2.52. The number of hydrogen-bond donors (Lipinski definition) is 0. The standard InChI is InChI=1S/C16H17NO3/c1-2-8-19-16-14(18)10-15(16)20-12-6-5-11-4-3-7-17-13(11)9-12/h3-7,9,15-16H,2,8,10H2,1H3. The molecule has 0 spiro atoms. The van der Waals surface area contributed by atoms with Gasteiger partial charge in [0.25, 0.3) is 0 Å². The smallest absolute Gasteiger partial charge is 0.169 e. The Morgan fingerprint density at radius 3 is 3.05 bits per heavy atom. The Morgan fingerprint density at radius 1 is 1.35 bits per heavy atom. The second-order valence-electron chi connectivity index (χ2n) is 4.98. The minimum atomic E-state index is -0.408. The molecule has 1 heterocycles. The van der Waals surface area contributed by atoms with Gasteiger partial charge in [-0.1, -0.05) is 13.0 Å². The molecule has 0 aliphatic heterocycles. The molecule has 1 fully saturated rings. The minimum Gasteiger partial charge on any atom is -0.487 e. The van der Waals surface area contributed by atoms with E-state index in [0.717, 1.165) is 23.1 Å². The number of carbonyl (C=O) groups is 1. The molecule has 2 atom stereocenters. The first-order valence-electron chi connectivity index (χ1n) is 6.93. The van der Waals surface area contributed by atoms with Gasteiger partial charge in [0.05, 0.1) is 5.52 Å². The van der Waals surface area contributed by atoms with Crippen molar-refractivity contribution in [2.45, 2.75) is 32.0 Å². The molecule has 1 aromatic carbocycles. The number of hydrogen-bond acceptors (Lipinski definition) is 4. The molecule has 0 radical (unpaired) electrons. The van der Waals surface area contributed by atoms with Gasteiger partial charge in [0.2, 0.25) is 0 Å². The molecule has 0 N–H and O–H groups in total. The van der Waals surface area contributed by atoms with E-state index in [2.05, 4.69) is 4.98 Å². The lowest BCUT2D eigenvalue weighted by atomic mass is 9.90. The van der Waals surface area contributed by atoms with E-state index in [0.29, 0.717) is 13.0 Å². The van der Waals surface area contributed by atoms with Crippen LogP contribution in [0.15, 0.2) is 36.5 Å². The normalized spacial score (nSPS) is 21.8. The van der Waals surface area contributed by atoms with Crippen LogP contribution < -0.4 is 4.74 Å². The number of aromatic nitrogens is 1. The van der Waals surface area contributed by atoms with Crippen molar-refractivity contribution in [3.8, 4) is 5.75 Å². The fourth-order valence-electron chi connectivity index (χ4n) is 2.31. The number of rotatable bonds is 5. The maximum absolute atomic E-state index is 11.5. The fraction of sp³-hybridized carbons (Fsp3) is 0.375. The number of ether oxygens (including phenoxy) is 2. The Hall–Kier alpha value is -1.94. The summed E-state index contributed by atoms with van der Waals surface area (Å²) in [5.41, 5.74) is 0.890. The first-order valence-corrected chi connectivity index (χ1v) is 6.93. The van der Waals surface area contributed by atoms with Gasteiger partial charge < -0.3 is 9.47 Å². The van der Waals surface area contributed by atoms with Crippen LogP contribution in [-0.2, 0) is 9.53 Å². The summed E-state index contributed by atoms with van der Waals surface area (Å²) in [6.45, 7) is 2.61. The van der Waals surface area contributed by atoms with Gasteiger partial charge in [-0.15, -0.1) is 0 Å². The average Bonchev–Trinajstić information content (AvgIpc) is 2.47. The van der Waals surface area contributed by atoms with Gasteiger partial charge in [0, 0.05) is 30.7 Å². The molecular formula is C16H17NO3. The third-order valence-corrected chi connectivity index (χ3v) is 3.42. The Morgan fingerprint density at radius 2 is 2.25 bits per heavy atom. The molecule has 1 aliphatic rings. The molecule has 4 nitrogen and oxygen atoms in total. The summed E-state index contributed by atoms with van der Waals surface area (Å²) in [5, 5.41) is 1.07. The van der Waals surface area contributed by atoms with Crippen molar-refractivity contribution in [2.75, 3.05) is 6.61 Å². The predicted molar refractivity (Wildman–Crippen MR) is 75.8 cm³/mol. The van der Waals surface area contributed by atoms with Crippen LogP contribution in [0.25, 0.3) is 10.9 Å². The molecule has 2 aromatic rings. The third-order valence-electron chi connectivity index (χ3n) is 3.42. The predicted octanol–water partition coefficient (Wildman–Crippen LogP) is 2.75. The van der Waals surface area contributed by atoms with Crippen molar-refractivity contribution in [2.24, 2.45) is 0 Å². The Bertz CT molecular complexity index is 626. The zero-order valence-corrected chi connectivity index (χ0v) is 11.4. The molecule has 1 saturated carbocycles. The van der Waals surface area contributed by atoms with Crippen LogP contribution in [-0.4, -0.2) is 29.6 Å². The number of carbonyl (C=O) groups excluding carboxylic acids is 1. The highest BCUT2D eigenvalue weighted by Crippen LogP contribution is 2.27. The number of Topliss-reactive ketones (excluding diaryl/α,β-unsaturated/α-hetero) is 1. The molecule has 0 amide bonds. The summed E-state index contributed by atoms with van der Waals surface area (Å²) in [6, 6.07) is 9.69. The lowest BCUT2D eigenvalue weighted by molar-refractivity contribution is -0.154. The summed E-state index contributed by atoms with van der Waals surface area (Å²) in [4.78, 5) is 15.8. The van der Waals surface area contributed by atoms with E-state index in [1.807, 2.05) is 37.3 Å². The number of nitrogens with zero attached hydrogens (tertiary/aromatic N) is 1. The van der Waals surface area contributed by atoms with E-state index in [9.17, 15) is 4.79 Å². The van der Waals surface area contributed by atoms with Gasteiger partial charge in [-0.05, 0) is 24.6 Å². The average molecular weight is 271 g/mol. The monoisotopic (exact) mass is 271 g/mol. The fourth-order valence-corrected chi connectivity index (χ4v) is 2.31. The lowest BCUT2D eigenvalue weighted by Gasteiger charge is -2.34. The highest BCUT2D eigenvalue weighted by molar-refractivity contribution is 5.90. The second-order valence-corrected chi connectivity index (χ2v) is 4.98. The molecule has 2 unspecified atom stereocenters. The Labute approximate surface area is 117 Å². The molecule has 4 heteroatoms. The summed E-state index contributed by atoms with van der Waals surface area (Å²) in [5.74, 6) is 0.862. The van der Waals surface area contributed by atoms with Crippen LogP contribution in [0.3, 0.4) is 0 Å². The van der Waals surface area contributed by atoms with E-state index < -0.39 is 6.10 Å². The van der Waals surface area contributed by atoms with E-state index >= 15 is 0 Å². The highest BCUT2D eigenvalue weighted by Gasteiger charge is 2.42. The quantitative estimate of drug-likeness (QED) is 0.839. The SMILES string of the molecule is CCCOC1C(=O)CC1Oc1ccc2cccnc2c1. The summed E-state index contributed by atoms with van der Waals surface area (Å²) in [7, 11) is 0. The van der Waals surface area contributed by atoms with E-state index in [4.69, 9.17) is 9.47 Å². The molecular weight excluding hydrogens is 254 g/mol. The molecule has 1 aromatic heterocycles. The zero-order chi connectivity index (χ0) is 13.9. The Balaban J connectivity index is 1.71. The highest BCUT2D eigenvalue weighted by atomic mass is 16.5. The maximum atomic E-state index is 11.5. The van der Waals surface area contributed by atoms with Crippen LogP contribution >= 0.6 is 0 Å². The van der Waals surface area contributed by atoms with Crippen molar-refractivity contribution in [3.05, 3.63) is 36.5 Å². The first-order chi connectivity index (χ1) is 9.78. The number of fused-ring (bicyclic) bond motifs is 1. The minimum absolute atomic E-state index is 0.127. The number of ketones is 1. The maximum Gasteiger partial charge on any atom is 0.169 e. The number of pyridine rings is 1. The topological polar surface area (TPSA) is 48.4 Å². The molecule has 104 valence electrons. The van der Waals surface area contributed by atoms with E-state index in [1.54, 1.807) is 6.20 Å². The van der Waals surface area contributed by atoms with Crippen LogP contribution in [0.2, 0.25) is 0 Å². The number of benzene rings is 1. The summed E-state index contributed by atoms with van der Waals surface area (Å²) < 4.78 is 11.4. The van der Waals surface area contributed by atoms with E-state index in [1.165, 1.54) is 0 Å². The first kappa shape index (κ1) is 13.1. The van der Waals surface area contributed by atoms with Gasteiger partial charge in [0.1, 0.15) is 11.9 Å². The van der Waals surface area contributed by atoms with Gasteiger partial charge in [0.15, 0.2) is 11.9 Å². The van der Waals surface area contributed by atoms with Crippen LogP contribution in [0.4, 0.5) is 0 Å². The summed E-state index contributed by atoms with van der Waals surface area (Å²) in [6.07, 6.45) is 2.50. The van der Waals surface area contributed by atoms with Gasteiger partial charge in [-0.25, -0.2) is 0 Å². The van der Waals surface area contributed by atoms with Crippen LogP contribution in [0, 0.1) is 0 Å². The van der Waals surface area contributed by atoms with Gasteiger partial charge in [-0.3, -0.25) is 9.78 Å². The van der Waals surface area contributed by atoms with Gasteiger partial charge in [-0.2, -0.15) is 0 Å². The second kappa shape index (κ2) is 5.59. The van der Waals surface area contributed by atoms with Crippen molar-refractivity contribution in [3.63, 3.8) is 0 Å². The molecule has 3 rings (SSSR count). The van der Waals surface area contributed by atoms with Crippen molar-refractivity contribution in [1.29, 1.82) is 0 Å². The van der Waals surface area contributed by atoms with Crippen LogP contribution in [0.1, 0.15) is 19.8 Å². The Kier molecular flexibility index (Phi) is 3.65. The van der Waals surface area contributed by atoms with Gasteiger partial charge >= 0.3 is 0 Å². The molecule has 1 aliphatic carbocycles. The van der Waals surface area contributed by atoms with E-state index in [-0.39, 0.29) is 11.9 Å². The van der Waals surface area contributed by atoms with Crippen LogP contribution in [0.5, 0.6) is 5.75 Å². The van der Waals surface area contributed by atoms with Crippen molar-refractivity contribution < 1.29 is 14.3 Å². The largest absolute Gasteiger partial charge is 0.487 e. The summed E-state index contributed by atoms with van der Waals surface area (Å²) >= 11 is 0. The molecule has 0 bridgehead atoms. The van der Waals surface area contributed by atoms with Crippen molar-refractivity contribution >= 4 is 16.7 Å². The third kappa shape index (κ3) is 2.51. The molecule has 0 saturated heterocycles. The zero-order valence-electron chi connectivity index (χ0n) is 11.4. The molecule has 20 heavy (non-hydrogen) atoms.